The van der Waals surface area contributed by atoms with Gasteiger partial charge in [-0.3, -0.25) is 9.69 Å². The van der Waals surface area contributed by atoms with Crippen molar-refractivity contribution >= 4 is 56.8 Å². The molecule has 3 rings (SSSR count). The number of thioether (sulfide) groups is 1. The minimum Gasteiger partial charge on any atom is -0.493 e. The highest BCUT2D eigenvalue weighted by molar-refractivity contribution is 7.98. The van der Waals surface area contributed by atoms with Crippen LogP contribution < -0.4 is 14.4 Å². The summed E-state index contributed by atoms with van der Waals surface area (Å²) in [6.07, 6.45) is 2.04. The number of aromatic nitrogens is 1. The van der Waals surface area contributed by atoms with Crippen LogP contribution in [0.4, 0.5) is 5.13 Å². The number of para-hydroxylation sites is 1. The number of carbonyl (C=O) groups is 1. The third kappa shape index (κ3) is 5.67. The number of methoxy groups -OCH3 is 2. The van der Waals surface area contributed by atoms with Crippen molar-refractivity contribution in [1.82, 2.24) is 9.88 Å². The van der Waals surface area contributed by atoms with E-state index < -0.39 is 0 Å². The number of ether oxygens (including phenoxy) is 2. The number of carbonyl (C=O) groups excluding carboxylic acids is 1. The van der Waals surface area contributed by atoms with Gasteiger partial charge in [-0.25, -0.2) is 4.98 Å². The lowest BCUT2D eigenvalue weighted by Gasteiger charge is -2.25. The van der Waals surface area contributed by atoms with Gasteiger partial charge >= 0.3 is 0 Å². The number of halogens is 1. The molecule has 0 saturated carbocycles. The normalized spacial score (nSPS) is 10.8. The fraction of sp³-hybridized carbons (Fsp3) is 0.391. The Labute approximate surface area is 204 Å². The van der Waals surface area contributed by atoms with Crippen LogP contribution >= 0.6 is 35.5 Å². The second-order valence-electron chi connectivity index (χ2n) is 6.86. The van der Waals surface area contributed by atoms with Crippen molar-refractivity contribution < 1.29 is 14.3 Å². The van der Waals surface area contributed by atoms with Gasteiger partial charge in [-0.1, -0.05) is 31.3 Å². The van der Waals surface area contributed by atoms with E-state index in [9.17, 15) is 4.79 Å². The predicted molar refractivity (Wildman–Crippen MR) is 138 cm³/mol. The van der Waals surface area contributed by atoms with E-state index >= 15 is 0 Å². The van der Waals surface area contributed by atoms with Gasteiger partial charge in [-0.2, -0.15) is 0 Å². The molecule has 1 aromatic heterocycles. The molecule has 1 heterocycles. The zero-order valence-electron chi connectivity index (χ0n) is 19.1. The average Bonchev–Trinajstić information content (AvgIpc) is 3.25. The fourth-order valence-corrected chi connectivity index (χ4v) is 5.03. The van der Waals surface area contributed by atoms with Gasteiger partial charge in [-0.05, 0) is 49.7 Å². The first-order valence-electron chi connectivity index (χ1n) is 10.3. The van der Waals surface area contributed by atoms with Crippen LogP contribution in [0.1, 0.15) is 24.2 Å². The summed E-state index contributed by atoms with van der Waals surface area (Å²) in [5, 5.41) is 0.712. The van der Waals surface area contributed by atoms with Crippen LogP contribution in [0.5, 0.6) is 11.5 Å². The summed E-state index contributed by atoms with van der Waals surface area (Å²) in [7, 11) is 3.15. The summed E-state index contributed by atoms with van der Waals surface area (Å²) in [6, 6.07) is 11.4. The van der Waals surface area contributed by atoms with Crippen molar-refractivity contribution in [3.05, 3.63) is 42.0 Å². The van der Waals surface area contributed by atoms with Gasteiger partial charge in [0.05, 0.1) is 24.4 Å². The summed E-state index contributed by atoms with van der Waals surface area (Å²) >= 11 is 3.21. The minimum absolute atomic E-state index is 0. The standard InChI is InChI=1S/C23H29N3O3S2.ClH/c1-6-25(7-2)13-14-26(22(27)16-11-12-17(28-3)18(15-16)29-4)23-24-21-19(30-5)9-8-10-20(21)31-23;/h8-12,15H,6-7,13-14H2,1-5H3;1H. The largest absolute Gasteiger partial charge is 0.493 e. The van der Waals surface area contributed by atoms with Gasteiger partial charge in [0.2, 0.25) is 0 Å². The van der Waals surface area contributed by atoms with Crippen molar-refractivity contribution in [3.63, 3.8) is 0 Å². The van der Waals surface area contributed by atoms with E-state index in [1.165, 1.54) is 0 Å². The maximum atomic E-state index is 13.6. The third-order valence-electron chi connectivity index (χ3n) is 5.23. The van der Waals surface area contributed by atoms with E-state index in [2.05, 4.69) is 30.9 Å². The van der Waals surface area contributed by atoms with Crippen LogP contribution in [-0.4, -0.2) is 62.4 Å². The first-order valence-corrected chi connectivity index (χ1v) is 12.3. The Morgan fingerprint density at radius 2 is 1.78 bits per heavy atom. The highest BCUT2D eigenvalue weighted by Crippen LogP contribution is 2.35. The fourth-order valence-electron chi connectivity index (χ4n) is 3.38. The van der Waals surface area contributed by atoms with E-state index in [4.69, 9.17) is 14.5 Å². The molecule has 6 nitrogen and oxygen atoms in total. The maximum Gasteiger partial charge on any atom is 0.260 e. The van der Waals surface area contributed by atoms with E-state index in [-0.39, 0.29) is 18.3 Å². The summed E-state index contributed by atoms with van der Waals surface area (Å²) in [5.74, 6) is 1.03. The number of likely N-dealkylation sites (N-methyl/N-ethyl adjacent to an activating group) is 1. The summed E-state index contributed by atoms with van der Waals surface area (Å²) in [4.78, 5) is 23.7. The summed E-state index contributed by atoms with van der Waals surface area (Å²) < 4.78 is 11.8. The number of benzene rings is 2. The smallest absolute Gasteiger partial charge is 0.260 e. The Morgan fingerprint density at radius 3 is 2.41 bits per heavy atom. The van der Waals surface area contributed by atoms with Gasteiger partial charge < -0.3 is 14.4 Å². The number of fused-ring (bicyclic) bond motifs is 1. The molecule has 3 aromatic rings. The highest BCUT2D eigenvalue weighted by Gasteiger charge is 2.23. The zero-order chi connectivity index (χ0) is 22.4. The maximum absolute atomic E-state index is 13.6. The second kappa shape index (κ2) is 12.3. The van der Waals surface area contributed by atoms with Gasteiger partial charge in [0.15, 0.2) is 16.6 Å². The number of thiazole rings is 1. The Kier molecular flexibility index (Phi) is 10.1. The number of anilines is 1. The highest BCUT2D eigenvalue weighted by atomic mass is 35.5. The van der Waals surface area contributed by atoms with E-state index in [1.807, 2.05) is 12.3 Å². The number of hydrogen-bond acceptors (Lipinski definition) is 7. The number of hydrogen-bond donors (Lipinski definition) is 0. The quantitative estimate of drug-likeness (QED) is 0.349. The molecule has 0 aliphatic carbocycles. The molecule has 0 unspecified atom stereocenters. The Balaban J connectivity index is 0.00000363. The second-order valence-corrected chi connectivity index (χ2v) is 8.71. The molecule has 0 bridgehead atoms. The molecule has 32 heavy (non-hydrogen) atoms. The SMILES string of the molecule is CCN(CC)CCN(C(=O)c1ccc(OC)c(OC)c1)c1nc2c(SC)cccc2s1.Cl. The third-order valence-corrected chi connectivity index (χ3v) is 7.04. The molecule has 174 valence electrons. The van der Waals surface area contributed by atoms with Crippen LogP contribution in [-0.2, 0) is 0 Å². The van der Waals surface area contributed by atoms with Crippen molar-refractivity contribution in [2.45, 2.75) is 18.7 Å². The van der Waals surface area contributed by atoms with E-state index in [0.29, 0.717) is 28.7 Å². The Bertz CT molecular complexity index is 1040. The molecular formula is C23H30ClN3O3S2. The zero-order valence-corrected chi connectivity index (χ0v) is 21.5. The molecule has 0 spiro atoms. The molecule has 1 amide bonds. The predicted octanol–water partition coefficient (Wildman–Crippen LogP) is 5.45. The first kappa shape index (κ1) is 26.3. The molecule has 0 atom stereocenters. The van der Waals surface area contributed by atoms with Crippen molar-refractivity contribution in [2.75, 3.05) is 51.6 Å². The molecule has 0 aliphatic heterocycles. The van der Waals surface area contributed by atoms with Crippen molar-refractivity contribution in [1.29, 1.82) is 0 Å². The monoisotopic (exact) mass is 495 g/mol. The van der Waals surface area contributed by atoms with Crippen molar-refractivity contribution in [3.8, 4) is 11.5 Å². The van der Waals surface area contributed by atoms with Crippen LogP contribution in [0.15, 0.2) is 41.3 Å². The van der Waals surface area contributed by atoms with Crippen molar-refractivity contribution in [2.24, 2.45) is 0 Å². The lowest BCUT2D eigenvalue weighted by atomic mass is 10.1. The van der Waals surface area contributed by atoms with Gasteiger partial charge in [-0.15, -0.1) is 24.2 Å². The van der Waals surface area contributed by atoms with Gasteiger partial charge in [0, 0.05) is 23.5 Å². The molecular weight excluding hydrogens is 466 g/mol. The van der Waals surface area contributed by atoms with Crippen LogP contribution in [0, 0.1) is 0 Å². The van der Waals surface area contributed by atoms with Crippen LogP contribution in [0.2, 0.25) is 0 Å². The average molecular weight is 496 g/mol. The van der Waals surface area contributed by atoms with Crippen LogP contribution in [0.3, 0.4) is 0 Å². The van der Waals surface area contributed by atoms with Gasteiger partial charge in [0.25, 0.3) is 5.91 Å². The Morgan fingerprint density at radius 1 is 1.06 bits per heavy atom. The first-order chi connectivity index (χ1) is 15.1. The topological polar surface area (TPSA) is 54.9 Å². The van der Waals surface area contributed by atoms with E-state index in [1.54, 1.807) is 60.4 Å². The molecule has 2 aromatic carbocycles. The van der Waals surface area contributed by atoms with E-state index in [0.717, 1.165) is 34.7 Å². The molecule has 0 aliphatic rings. The molecule has 0 N–H and O–H groups in total. The molecule has 0 saturated heterocycles. The lowest BCUT2D eigenvalue weighted by molar-refractivity contribution is 0.0983. The minimum atomic E-state index is -0.0992. The number of rotatable bonds is 10. The van der Waals surface area contributed by atoms with Crippen LogP contribution in [0.25, 0.3) is 10.2 Å². The van der Waals surface area contributed by atoms with Gasteiger partial charge in [0.1, 0.15) is 0 Å². The lowest BCUT2D eigenvalue weighted by Crippen LogP contribution is -2.38. The molecule has 0 fully saturated rings. The summed E-state index contributed by atoms with van der Waals surface area (Å²) in [5.41, 5.74) is 1.49. The Hall–Kier alpha value is -2.00. The summed E-state index contributed by atoms with van der Waals surface area (Å²) in [6.45, 7) is 7.47. The molecule has 9 heteroatoms. The number of amides is 1. The molecule has 0 radical (unpaired) electrons. The number of nitrogens with zero attached hydrogens (tertiary/aromatic N) is 3.